The summed E-state index contributed by atoms with van der Waals surface area (Å²) >= 11 is 0. The quantitative estimate of drug-likeness (QED) is 0.771. The van der Waals surface area contributed by atoms with E-state index in [1.54, 1.807) is 6.20 Å². The van der Waals surface area contributed by atoms with Gasteiger partial charge in [-0.05, 0) is 20.8 Å². The zero-order valence-electron chi connectivity index (χ0n) is 8.24. The SMILES string of the molecule is Cc1cc(OC(C)C)c(CO)cn1. The van der Waals surface area contributed by atoms with Crippen LogP contribution in [0, 0.1) is 6.92 Å². The van der Waals surface area contributed by atoms with E-state index < -0.39 is 0 Å². The summed E-state index contributed by atoms with van der Waals surface area (Å²) in [7, 11) is 0. The number of aromatic nitrogens is 1. The van der Waals surface area contributed by atoms with Crippen LogP contribution in [-0.2, 0) is 6.61 Å². The van der Waals surface area contributed by atoms with E-state index in [1.807, 2.05) is 26.8 Å². The first-order chi connectivity index (χ1) is 6.13. The Bertz CT molecular complexity index is 284. The number of aliphatic hydroxyl groups is 1. The molecule has 0 aliphatic carbocycles. The van der Waals surface area contributed by atoms with Crippen molar-refractivity contribution >= 4 is 0 Å². The highest BCUT2D eigenvalue weighted by atomic mass is 16.5. The van der Waals surface area contributed by atoms with Gasteiger partial charge in [0.1, 0.15) is 5.75 Å². The Hall–Kier alpha value is -1.09. The van der Waals surface area contributed by atoms with Crippen molar-refractivity contribution < 1.29 is 9.84 Å². The van der Waals surface area contributed by atoms with Crippen molar-refractivity contribution in [3.8, 4) is 5.75 Å². The van der Waals surface area contributed by atoms with Crippen LogP contribution < -0.4 is 4.74 Å². The van der Waals surface area contributed by atoms with Crippen LogP contribution in [0.2, 0.25) is 0 Å². The zero-order chi connectivity index (χ0) is 9.84. The second-order valence-electron chi connectivity index (χ2n) is 3.26. The topological polar surface area (TPSA) is 42.4 Å². The van der Waals surface area contributed by atoms with Gasteiger partial charge in [-0.2, -0.15) is 0 Å². The van der Waals surface area contributed by atoms with Gasteiger partial charge < -0.3 is 9.84 Å². The lowest BCUT2D eigenvalue weighted by Crippen LogP contribution is -2.08. The highest BCUT2D eigenvalue weighted by Crippen LogP contribution is 2.19. The number of hydrogen-bond acceptors (Lipinski definition) is 3. The standard InChI is InChI=1S/C10H15NO2/c1-7(2)13-10-4-8(3)11-5-9(10)6-12/h4-5,7,12H,6H2,1-3H3. The van der Waals surface area contributed by atoms with Crippen molar-refractivity contribution in [1.29, 1.82) is 0 Å². The van der Waals surface area contributed by atoms with E-state index in [-0.39, 0.29) is 12.7 Å². The minimum Gasteiger partial charge on any atom is -0.491 e. The Balaban J connectivity index is 2.94. The van der Waals surface area contributed by atoms with Crippen LogP contribution in [0.1, 0.15) is 25.1 Å². The molecule has 0 amide bonds. The van der Waals surface area contributed by atoms with Gasteiger partial charge in [-0.1, -0.05) is 0 Å². The van der Waals surface area contributed by atoms with Crippen molar-refractivity contribution in [3.63, 3.8) is 0 Å². The number of pyridine rings is 1. The molecular formula is C10H15NO2. The maximum absolute atomic E-state index is 9.00. The minimum absolute atomic E-state index is 0.0324. The van der Waals surface area contributed by atoms with E-state index in [4.69, 9.17) is 9.84 Å². The molecule has 13 heavy (non-hydrogen) atoms. The summed E-state index contributed by atoms with van der Waals surface area (Å²) in [6, 6.07) is 1.84. The number of aryl methyl sites for hydroxylation is 1. The maximum atomic E-state index is 9.00. The predicted octanol–water partition coefficient (Wildman–Crippen LogP) is 1.67. The molecule has 0 aliphatic heterocycles. The molecular weight excluding hydrogens is 166 g/mol. The number of rotatable bonds is 3. The summed E-state index contributed by atoms with van der Waals surface area (Å²) in [5, 5.41) is 9.00. The minimum atomic E-state index is -0.0324. The van der Waals surface area contributed by atoms with Crippen molar-refractivity contribution in [2.45, 2.75) is 33.5 Å². The van der Waals surface area contributed by atoms with Gasteiger partial charge >= 0.3 is 0 Å². The van der Waals surface area contributed by atoms with Gasteiger partial charge in [0.2, 0.25) is 0 Å². The van der Waals surface area contributed by atoms with E-state index in [0.29, 0.717) is 0 Å². The molecule has 72 valence electrons. The van der Waals surface area contributed by atoms with Crippen LogP contribution in [-0.4, -0.2) is 16.2 Å². The first-order valence-corrected chi connectivity index (χ1v) is 4.36. The summed E-state index contributed by atoms with van der Waals surface area (Å²) in [6.45, 7) is 5.78. The molecule has 3 nitrogen and oxygen atoms in total. The van der Waals surface area contributed by atoms with Gasteiger partial charge in [0.25, 0.3) is 0 Å². The molecule has 0 fully saturated rings. The molecule has 1 aromatic rings. The summed E-state index contributed by atoms with van der Waals surface area (Å²) in [5.41, 5.74) is 1.63. The number of hydrogen-bond donors (Lipinski definition) is 1. The van der Waals surface area contributed by atoms with Crippen LogP contribution in [0.15, 0.2) is 12.3 Å². The normalized spacial score (nSPS) is 10.5. The average molecular weight is 181 g/mol. The summed E-state index contributed by atoms with van der Waals surface area (Å²) in [6.07, 6.45) is 1.76. The molecule has 1 aromatic heterocycles. The monoisotopic (exact) mass is 181 g/mol. The van der Waals surface area contributed by atoms with Crippen molar-refractivity contribution in [2.75, 3.05) is 0 Å². The average Bonchev–Trinajstić information content (AvgIpc) is 2.03. The van der Waals surface area contributed by atoms with E-state index in [9.17, 15) is 0 Å². The smallest absolute Gasteiger partial charge is 0.128 e. The lowest BCUT2D eigenvalue weighted by atomic mass is 10.2. The maximum Gasteiger partial charge on any atom is 0.128 e. The number of aliphatic hydroxyl groups excluding tert-OH is 1. The Labute approximate surface area is 78.4 Å². The van der Waals surface area contributed by atoms with E-state index in [0.717, 1.165) is 17.0 Å². The molecule has 3 heteroatoms. The number of nitrogens with zero attached hydrogens (tertiary/aromatic N) is 1. The van der Waals surface area contributed by atoms with Gasteiger partial charge in [-0.25, -0.2) is 0 Å². The van der Waals surface area contributed by atoms with Gasteiger partial charge in [0.05, 0.1) is 12.7 Å². The molecule has 0 spiro atoms. The Morgan fingerprint density at radius 2 is 2.23 bits per heavy atom. The highest BCUT2D eigenvalue weighted by Gasteiger charge is 2.05. The van der Waals surface area contributed by atoms with Crippen molar-refractivity contribution in [2.24, 2.45) is 0 Å². The predicted molar refractivity (Wildman–Crippen MR) is 50.7 cm³/mol. The molecule has 0 saturated heterocycles. The highest BCUT2D eigenvalue weighted by molar-refractivity contribution is 5.32. The molecule has 0 aromatic carbocycles. The lowest BCUT2D eigenvalue weighted by Gasteiger charge is -2.13. The molecule has 0 atom stereocenters. The fourth-order valence-electron chi connectivity index (χ4n) is 1.05. The molecule has 1 heterocycles. The van der Waals surface area contributed by atoms with Gasteiger partial charge in [-0.15, -0.1) is 0 Å². The summed E-state index contributed by atoms with van der Waals surface area (Å²) < 4.78 is 5.52. The third kappa shape index (κ3) is 2.70. The Morgan fingerprint density at radius 3 is 2.77 bits per heavy atom. The van der Waals surface area contributed by atoms with Crippen LogP contribution >= 0.6 is 0 Å². The fraction of sp³-hybridized carbons (Fsp3) is 0.500. The second-order valence-corrected chi connectivity index (χ2v) is 3.26. The van der Waals surface area contributed by atoms with E-state index in [1.165, 1.54) is 0 Å². The van der Waals surface area contributed by atoms with Gasteiger partial charge in [-0.3, -0.25) is 4.98 Å². The van der Waals surface area contributed by atoms with Crippen LogP contribution in [0.5, 0.6) is 5.75 Å². The molecule has 0 unspecified atom stereocenters. The number of ether oxygens (including phenoxy) is 1. The fourth-order valence-corrected chi connectivity index (χ4v) is 1.05. The summed E-state index contributed by atoms with van der Waals surface area (Å²) in [5.74, 6) is 0.727. The third-order valence-corrected chi connectivity index (χ3v) is 1.61. The second kappa shape index (κ2) is 4.23. The van der Waals surface area contributed by atoms with Crippen LogP contribution in [0.3, 0.4) is 0 Å². The van der Waals surface area contributed by atoms with E-state index in [2.05, 4.69) is 4.98 Å². The van der Waals surface area contributed by atoms with Crippen LogP contribution in [0.25, 0.3) is 0 Å². The Kier molecular flexibility index (Phi) is 3.25. The van der Waals surface area contributed by atoms with Crippen molar-refractivity contribution in [3.05, 3.63) is 23.5 Å². The largest absolute Gasteiger partial charge is 0.491 e. The Morgan fingerprint density at radius 1 is 1.54 bits per heavy atom. The first-order valence-electron chi connectivity index (χ1n) is 4.36. The molecule has 1 N–H and O–H groups in total. The third-order valence-electron chi connectivity index (χ3n) is 1.61. The van der Waals surface area contributed by atoms with Gasteiger partial charge in [0.15, 0.2) is 0 Å². The lowest BCUT2D eigenvalue weighted by molar-refractivity contribution is 0.225. The van der Waals surface area contributed by atoms with Crippen molar-refractivity contribution in [1.82, 2.24) is 4.98 Å². The first kappa shape index (κ1) is 9.99. The molecule has 1 rings (SSSR count). The van der Waals surface area contributed by atoms with Gasteiger partial charge in [0, 0.05) is 23.5 Å². The molecule has 0 radical (unpaired) electrons. The molecule has 0 bridgehead atoms. The zero-order valence-corrected chi connectivity index (χ0v) is 8.24. The molecule has 0 saturated carbocycles. The molecule has 0 aliphatic rings. The van der Waals surface area contributed by atoms with Crippen LogP contribution in [0.4, 0.5) is 0 Å². The van der Waals surface area contributed by atoms with E-state index >= 15 is 0 Å². The summed E-state index contributed by atoms with van der Waals surface area (Å²) in [4.78, 5) is 4.08.